The Hall–Kier alpha value is -3.43. The van der Waals surface area contributed by atoms with Crippen LogP contribution in [0.2, 0.25) is 0 Å². The van der Waals surface area contributed by atoms with E-state index in [2.05, 4.69) is 4.99 Å². The zero-order valence-electron chi connectivity index (χ0n) is 15.9. The first kappa shape index (κ1) is 19.5. The molecule has 9 heteroatoms. The number of para-hydroxylation sites is 1. The average molecular weight is 452 g/mol. The molecule has 5 rings (SSSR count). The predicted octanol–water partition coefficient (Wildman–Crippen LogP) is 4.88. The molecule has 1 fully saturated rings. The highest BCUT2D eigenvalue weighted by Gasteiger charge is 2.42. The topological polar surface area (TPSA) is 74.9 Å². The number of carbonyl (C=O) groups is 2. The van der Waals surface area contributed by atoms with Crippen molar-refractivity contribution in [3.8, 4) is 5.88 Å². The van der Waals surface area contributed by atoms with Crippen LogP contribution in [0.25, 0.3) is 11.6 Å². The zero-order chi connectivity index (χ0) is 21.7. The molecule has 2 amide bonds. The minimum Gasteiger partial charge on any atom is -0.493 e. The predicted molar refractivity (Wildman–Crippen MR) is 120 cm³/mol. The third kappa shape index (κ3) is 3.22. The number of thiazole rings is 1. The number of hydrogen-bond donors (Lipinski definition) is 1. The van der Waals surface area contributed by atoms with E-state index in [1.807, 2.05) is 24.3 Å². The van der Waals surface area contributed by atoms with Gasteiger partial charge in [0.25, 0.3) is 5.91 Å². The summed E-state index contributed by atoms with van der Waals surface area (Å²) in [6.45, 7) is 0. The standard InChI is InChI=1S/C22H14FN3O3S2/c23-13-5-7-14(8-6-13)25-19(27)10-17(20(25)28)26-21(29)18(31-22(26)30)9-12-11-24-16-4-2-1-3-15(12)16/h1-9,11,17,29H,10H2/t17-/m1/s1. The number of rotatable bonds is 3. The van der Waals surface area contributed by atoms with E-state index in [1.54, 1.807) is 12.3 Å². The number of fused-ring (bicyclic) bond motifs is 1. The lowest BCUT2D eigenvalue weighted by atomic mass is 10.1. The van der Waals surface area contributed by atoms with Crippen LogP contribution in [0.15, 0.2) is 53.5 Å². The maximum Gasteiger partial charge on any atom is 0.257 e. The molecule has 1 saturated heterocycles. The van der Waals surface area contributed by atoms with Crippen molar-refractivity contribution in [3.05, 3.63) is 68.7 Å². The molecule has 154 valence electrons. The number of hydrogen-bond acceptors (Lipinski definition) is 6. The number of imide groups is 1. The van der Waals surface area contributed by atoms with Gasteiger partial charge in [-0.3, -0.25) is 19.1 Å². The Morgan fingerprint density at radius 3 is 2.68 bits per heavy atom. The van der Waals surface area contributed by atoms with Gasteiger partial charge in [-0.1, -0.05) is 18.2 Å². The fourth-order valence-electron chi connectivity index (χ4n) is 3.74. The Balaban J connectivity index is 1.51. The number of amides is 2. The van der Waals surface area contributed by atoms with Crippen molar-refractivity contribution in [1.29, 1.82) is 0 Å². The van der Waals surface area contributed by atoms with Gasteiger partial charge in [-0.25, -0.2) is 9.29 Å². The van der Waals surface area contributed by atoms with Crippen molar-refractivity contribution < 1.29 is 19.1 Å². The minimum absolute atomic E-state index is 0.144. The Bertz CT molecular complexity index is 1360. The number of anilines is 1. The number of aromatic hydroxyl groups is 1. The zero-order valence-corrected chi connectivity index (χ0v) is 17.5. The third-order valence-corrected chi connectivity index (χ3v) is 6.54. The fourth-order valence-corrected chi connectivity index (χ4v) is 5.10. The summed E-state index contributed by atoms with van der Waals surface area (Å²) in [5.74, 6) is -1.60. The van der Waals surface area contributed by atoms with Crippen LogP contribution < -0.4 is 4.90 Å². The molecule has 2 aliphatic rings. The number of nitrogens with zero attached hydrogens (tertiary/aromatic N) is 3. The van der Waals surface area contributed by atoms with Crippen LogP contribution in [0.3, 0.4) is 0 Å². The van der Waals surface area contributed by atoms with Crippen molar-refractivity contribution in [2.45, 2.75) is 12.5 Å². The fraction of sp³-hybridized carbons (Fsp3) is 0.0909. The van der Waals surface area contributed by atoms with Gasteiger partial charge in [0, 0.05) is 17.4 Å². The first-order chi connectivity index (χ1) is 14.9. The number of aromatic nitrogens is 1. The molecule has 1 aromatic heterocycles. The van der Waals surface area contributed by atoms with Crippen molar-refractivity contribution in [1.82, 2.24) is 4.57 Å². The van der Waals surface area contributed by atoms with E-state index in [9.17, 15) is 19.1 Å². The van der Waals surface area contributed by atoms with E-state index < -0.39 is 23.7 Å². The number of benzene rings is 2. The molecule has 2 aliphatic heterocycles. The lowest BCUT2D eigenvalue weighted by molar-refractivity contribution is -0.122. The van der Waals surface area contributed by atoms with Crippen LogP contribution >= 0.6 is 23.6 Å². The van der Waals surface area contributed by atoms with E-state index in [0.29, 0.717) is 4.88 Å². The van der Waals surface area contributed by atoms with E-state index in [1.165, 1.54) is 28.8 Å². The molecule has 1 N–H and O–H groups in total. The Kier molecular flexibility index (Phi) is 4.64. The smallest absolute Gasteiger partial charge is 0.257 e. The molecule has 6 nitrogen and oxygen atoms in total. The molecule has 0 unspecified atom stereocenters. The van der Waals surface area contributed by atoms with Gasteiger partial charge >= 0.3 is 0 Å². The first-order valence-corrected chi connectivity index (χ1v) is 10.6. The van der Waals surface area contributed by atoms with E-state index in [0.717, 1.165) is 33.1 Å². The molecule has 0 saturated carbocycles. The van der Waals surface area contributed by atoms with Gasteiger partial charge in [0.15, 0.2) is 3.95 Å². The SMILES string of the molecule is O=C1C[C@@H](n2c(O)c(C=C3C=Nc4ccccc43)sc2=S)C(=O)N1c1ccc(F)cc1. The van der Waals surface area contributed by atoms with E-state index in [-0.39, 0.29) is 21.9 Å². The minimum atomic E-state index is -0.960. The monoisotopic (exact) mass is 451 g/mol. The summed E-state index contributed by atoms with van der Waals surface area (Å²) in [4.78, 5) is 31.4. The largest absolute Gasteiger partial charge is 0.493 e. The highest BCUT2D eigenvalue weighted by molar-refractivity contribution is 7.73. The summed E-state index contributed by atoms with van der Waals surface area (Å²) in [5, 5.41) is 10.9. The average Bonchev–Trinajstić information content (AvgIpc) is 3.38. The van der Waals surface area contributed by atoms with Gasteiger partial charge in [0.05, 0.1) is 22.7 Å². The van der Waals surface area contributed by atoms with Gasteiger partial charge in [0.2, 0.25) is 11.8 Å². The second-order valence-corrected chi connectivity index (χ2v) is 8.74. The molecule has 0 bridgehead atoms. The summed E-state index contributed by atoms with van der Waals surface area (Å²) in [5.41, 5.74) is 2.86. The van der Waals surface area contributed by atoms with Crippen molar-refractivity contribution in [2.24, 2.45) is 4.99 Å². The molecule has 31 heavy (non-hydrogen) atoms. The van der Waals surface area contributed by atoms with Crippen molar-refractivity contribution in [3.63, 3.8) is 0 Å². The molecule has 2 aromatic carbocycles. The van der Waals surface area contributed by atoms with Crippen LogP contribution in [0.5, 0.6) is 5.88 Å². The summed E-state index contributed by atoms with van der Waals surface area (Å²) in [6, 6.07) is 11.8. The molecular formula is C22H14FN3O3S2. The number of allylic oxidation sites excluding steroid dienone is 1. The van der Waals surface area contributed by atoms with Gasteiger partial charge in [0.1, 0.15) is 11.9 Å². The highest BCUT2D eigenvalue weighted by atomic mass is 32.1. The van der Waals surface area contributed by atoms with Crippen molar-refractivity contribution >= 4 is 64.6 Å². The normalized spacial score (nSPS) is 18.9. The summed E-state index contributed by atoms with van der Waals surface area (Å²) in [6.07, 6.45) is 3.33. The summed E-state index contributed by atoms with van der Waals surface area (Å²) in [7, 11) is 0. The maximum atomic E-state index is 13.2. The summed E-state index contributed by atoms with van der Waals surface area (Å²) < 4.78 is 14.8. The molecule has 3 heterocycles. The van der Waals surface area contributed by atoms with Crippen LogP contribution in [0.4, 0.5) is 15.8 Å². The van der Waals surface area contributed by atoms with Crippen LogP contribution in [-0.4, -0.2) is 27.7 Å². The van der Waals surface area contributed by atoms with Crippen LogP contribution in [0.1, 0.15) is 22.9 Å². The van der Waals surface area contributed by atoms with Gasteiger partial charge in [-0.15, -0.1) is 11.3 Å². The summed E-state index contributed by atoms with van der Waals surface area (Å²) >= 11 is 6.56. The Morgan fingerprint density at radius 1 is 1.16 bits per heavy atom. The molecule has 0 radical (unpaired) electrons. The van der Waals surface area contributed by atoms with E-state index in [4.69, 9.17) is 12.2 Å². The molecule has 0 aliphatic carbocycles. The highest BCUT2D eigenvalue weighted by Crippen LogP contribution is 2.39. The van der Waals surface area contributed by atoms with Gasteiger partial charge < -0.3 is 5.11 Å². The van der Waals surface area contributed by atoms with E-state index >= 15 is 0 Å². The number of carbonyl (C=O) groups excluding carboxylic acids is 2. The molecule has 1 atom stereocenters. The van der Waals surface area contributed by atoms with Gasteiger partial charge in [-0.2, -0.15) is 0 Å². The number of halogens is 1. The van der Waals surface area contributed by atoms with Gasteiger partial charge in [-0.05, 0) is 48.6 Å². The Morgan fingerprint density at radius 2 is 1.90 bits per heavy atom. The van der Waals surface area contributed by atoms with Crippen LogP contribution in [0, 0.1) is 9.77 Å². The Labute approximate surface area is 185 Å². The quantitative estimate of drug-likeness (QED) is 0.455. The maximum absolute atomic E-state index is 13.2. The second kappa shape index (κ2) is 7.36. The van der Waals surface area contributed by atoms with Crippen molar-refractivity contribution in [2.75, 3.05) is 4.90 Å². The lowest BCUT2D eigenvalue weighted by Crippen LogP contribution is -2.31. The third-order valence-electron chi connectivity index (χ3n) is 5.21. The molecule has 3 aromatic rings. The second-order valence-electron chi connectivity index (χ2n) is 7.06. The molecular weight excluding hydrogens is 437 g/mol. The lowest BCUT2D eigenvalue weighted by Gasteiger charge is -2.15. The number of aliphatic imine (C=N–C) groups is 1. The van der Waals surface area contributed by atoms with Crippen LogP contribution in [-0.2, 0) is 9.59 Å². The molecule has 0 spiro atoms. The first-order valence-electron chi connectivity index (χ1n) is 9.36.